The fourth-order valence-corrected chi connectivity index (χ4v) is 2.50. The lowest BCUT2D eigenvalue weighted by atomic mass is 10.0. The maximum absolute atomic E-state index is 12.5. The first-order valence-corrected chi connectivity index (χ1v) is 7.33. The van der Waals surface area contributed by atoms with Gasteiger partial charge in [-0.1, -0.05) is 13.8 Å². The minimum absolute atomic E-state index is 0.0444. The van der Waals surface area contributed by atoms with Crippen LogP contribution in [-0.4, -0.2) is 46.0 Å². The molecule has 1 aliphatic rings. The Bertz CT molecular complexity index is 512. The topological polar surface area (TPSA) is 88.3 Å². The Balaban J connectivity index is 2.11. The van der Waals surface area contributed by atoms with E-state index in [0.29, 0.717) is 37.2 Å². The molecule has 0 aromatic carbocycles. The Morgan fingerprint density at radius 1 is 1.48 bits per heavy atom. The number of rotatable bonds is 4. The molecule has 1 aromatic rings. The van der Waals surface area contributed by atoms with Gasteiger partial charge in [-0.3, -0.25) is 9.59 Å². The molecule has 1 fully saturated rings. The number of nitrogens with one attached hydrogen (secondary N) is 1. The number of aromatic nitrogens is 2. The second-order valence-corrected chi connectivity index (χ2v) is 5.77. The minimum Gasteiger partial charge on any atom is -0.425 e. The summed E-state index contributed by atoms with van der Waals surface area (Å²) >= 11 is 0. The van der Waals surface area contributed by atoms with Gasteiger partial charge in [0.05, 0.1) is 0 Å². The molecule has 1 aromatic heterocycles. The summed E-state index contributed by atoms with van der Waals surface area (Å²) < 4.78 is 5.25. The average Bonchev–Trinajstić information content (AvgIpc) is 2.72. The molecule has 1 atom stereocenters. The zero-order chi connectivity index (χ0) is 15.4. The molecule has 21 heavy (non-hydrogen) atoms. The highest BCUT2D eigenvalue weighted by atomic mass is 16.4. The van der Waals surface area contributed by atoms with Crippen LogP contribution in [0.1, 0.15) is 38.5 Å². The lowest BCUT2D eigenvalue weighted by Crippen LogP contribution is -2.48. The molecule has 1 saturated heterocycles. The first kappa shape index (κ1) is 15.5. The summed E-state index contributed by atoms with van der Waals surface area (Å²) in [7, 11) is 0. The quantitative estimate of drug-likeness (QED) is 0.882. The van der Waals surface area contributed by atoms with E-state index in [4.69, 9.17) is 4.42 Å². The van der Waals surface area contributed by atoms with E-state index < -0.39 is 6.04 Å². The number of aryl methyl sites for hydroxylation is 1. The van der Waals surface area contributed by atoms with Crippen molar-refractivity contribution in [2.75, 3.05) is 13.1 Å². The van der Waals surface area contributed by atoms with Crippen LogP contribution in [0.5, 0.6) is 0 Å². The van der Waals surface area contributed by atoms with Crippen molar-refractivity contribution < 1.29 is 14.0 Å². The van der Waals surface area contributed by atoms with E-state index in [9.17, 15) is 9.59 Å². The normalized spacial score (nSPS) is 19.5. The van der Waals surface area contributed by atoms with Crippen LogP contribution in [0.3, 0.4) is 0 Å². The molecule has 1 aliphatic heterocycles. The SMILES string of the molecule is Cc1nnc(CC(=O)N2CCCNC(=O)C2CC(C)C)o1. The van der Waals surface area contributed by atoms with Gasteiger partial charge < -0.3 is 14.6 Å². The van der Waals surface area contributed by atoms with E-state index in [2.05, 4.69) is 15.5 Å². The largest absolute Gasteiger partial charge is 0.425 e. The van der Waals surface area contributed by atoms with Crippen molar-refractivity contribution >= 4 is 11.8 Å². The summed E-state index contributed by atoms with van der Waals surface area (Å²) in [5.74, 6) is 0.855. The third-order valence-electron chi connectivity index (χ3n) is 3.44. The van der Waals surface area contributed by atoms with E-state index in [1.807, 2.05) is 13.8 Å². The van der Waals surface area contributed by atoms with Crippen molar-refractivity contribution in [2.45, 2.75) is 46.1 Å². The number of carbonyl (C=O) groups excluding carboxylic acids is 2. The molecule has 2 rings (SSSR count). The zero-order valence-corrected chi connectivity index (χ0v) is 12.8. The van der Waals surface area contributed by atoms with Crippen molar-refractivity contribution in [3.8, 4) is 0 Å². The number of carbonyl (C=O) groups is 2. The fourth-order valence-electron chi connectivity index (χ4n) is 2.50. The molecule has 0 saturated carbocycles. The van der Waals surface area contributed by atoms with E-state index in [1.54, 1.807) is 11.8 Å². The molecule has 7 heteroatoms. The molecule has 116 valence electrons. The summed E-state index contributed by atoms with van der Waals surface area (Å²) in [6, 6.07) is -0.413. The highest BCUT2D eigenvalue weighted by Crippen LogP contribution is 2.16. The van der Waals surface area contributed by atoms with Crippen molar-refractivity contribution in [3.63, 3.8) is 0 Å². The van der Waals surface area contributed by atoms with Crippen LogP contribution in [-0.2, 0) is 16.0 Å². The third kappa shape index (κ3) is 4.03. The van der Waals surface area contributed by atoms with Crippen molar-refractivity contribution in [1.82, 2.24) is 20.4 Å². The summed E-state index contributed by atoms with van der Waals surface area (Å²) in [6.45, 7) is 6.95. The van der Waals surface area contributed by atoms with Crippen LogP contribution in [0.25, 0.3) is 0 Å². The number of hydrogen-bond acceptors (Lipinski definition) is 5. The maximum atomic E-state index is 12.5. The van der Waals surface area contributed by atoms with Crippen LogP contribution >= 0.6 is 0 Å². The van der Waals surface area contributed by atoms with E-state index in [1.165, 1.54) is 0 Å². The Labute approximate surface area is 124 Å². The molecule has 0 bridgehead atoms. The monoisotopic (exact) mass is 294 g/mol. The first-order valence-electron chi connectivity index (χ1n) is 7.33. The summed E-state index contributed by atoms with van der Waals surface area (Å²) in [5, 5.41) is 10.4. The molecular formula is C14H22N4O3. The zero-order valence-electron chi connectivity index (χ0n) is 12.8. The van der Waals surface area contributed by atoms with Gasteiger partial charge in [0.25, 0.3) is 0 Å². The summed E-state index contributed by atoms with van der Waals surface area (Å²) in [4.78, 5) is 26.3. The van der Waals surface area contributed by atoms with Crippen LogP contribution < -0.4 is 5.32 Å². The van der Waals surface area contributed by atoms with Gasteiger partial charge in [-0.25, -0.2) is 0 Å². The molecule has 0 spiro atoms. The summed E-state index contributed by atoms with van der Waals surface area (Å²) in [6.07, 6.45) is 1.46. The van der Waals surface area contributed by atoms with Crippen LogP contribution in [0.2, 0.25) is 0 Å². The number of nitrogens with zero attached hydrogens (tertiary/aromatic N) is 3. The van der Waals surface area contributed by atoms with Crippen LogP contribution in [0.15, 0.2) is 4.42 Å². The predicted octanol–water partition coefficient (Wildman–Crippen LogP) is 0.684. The molecular weight excluding hydrogens is 272 g/mol. The lowest BCUT2D eigenvalue weighted by molar-refractivity contribution is -0.139. The highest BCUT2D eigenvalue weighted by molar-refractivity contribution is 5.88. The van der Waals surface area contributed by atoms with E-state index >= 15 is 0 Å². The second kappa shape index (κ2) is 6.69. The molecule has 2 amide bonds. The van der Waals surface area contributed by atoms with Gasteiger partial charge in [0.2, 0.25) is 23.6 Å². The molecule has 0 radical (unpaired) electrons. The predicted molar refractivity (Wildman–Crippen MR) is 75.3 cm³/mol. The molecule has 1 N–H and O–H groups in total. The average molecular weight is 294 g/mol. The second-order valence-electron chi connectivity index (χ2n) is 5.77. The molecule has 7 nitrogen and oxygen atoms in total. The van der Waals surface area contributed by atoms with Gasteiger partial charge in [-0.2, -0.15) is 0 Å². The summed E-state index contributed by atoms with van der Waals surface area (Å²) in [5.41, 5.74) is 0. The van der Waals surface area contributed by atoms with E-state index in [0.717, 1.165) is 6.42 Å². The Hall–Kier alpha value is -1.92. The van der Waals surface area contributed by atoms with Gasteiger partial charge in [0, 0.05) is 20.0 Å². The smallest absolute Gasteiger partial charge is 0.242 e. The minimum atomic E-state index is -0.413. The van der Waals surface area contributed by atoms with Crippen molar-refractivity contribution in [3.05, 3.63) is 11.8 Å². The third-order valence-corrected chi connectivity index (χ3v) is 3.44. The van der Waals surface area contributed by atoms with Crippen molar-refractivity contribution in [2.24, 2.45) is 5.92 Å². The van der Waals surface area contributed by atoms with Gasteiger partial charge in [-0.05, 0) is 18.8 Å². The number of amides is 2. The van der Waals surface area contributed by atoms with Crippen LogP contribution in [0, 0.1) is 12.8 Å². The van der Waals surface area contributed by atoms with Crippen molar-refractivity contribution in [1.29, 1.82) is 0 Å². The van der Waals surface area contributed by atoms with E-state index in [-0.39, 0.29) is 18.2 Å². The van der Waals surface area contributed by atoms with Crippen LogP contribution in [0.4, 0.5) is 0 Å². The molecule has 2 heterocycles. The molecule has 0 aliphatic carbocycles. The fraction of sp³-hybridized carbons (Fsp3) is 0.714. The first-order chi connectivity index (χ1) is 9.97. The lowest BCUT2D eigenvalue weighted by Gasteiger charge is -2.29. The maximum Gasteiger partial charge on any atom is 0.242 e. The molecule has 1 unspecified atom stereocenters. The van der Waals surface area contributed by atoms with Gasteiger partial charge in [-0.15, -0.1) is 10.2 Å². The van der Waals surface area contributed by atoms with Gasteiger partial charge in [0.15, 0.2) is 0 Å². The number of hydrogen-bond donors (Lipinski definition) is 1. The van der Waals surface area contributed by atoms with Gasteiger partial charge >= 0.3 is 0 Å². The van der Waals surface area contributed by atoms with Gasteiger partial charge in [0.1, 0.15) is 12.5 Å². The Morgan fingerprint density at radius 3 is 2.86 bits per heavy atom. The highest BCUT2D eigenvalue weighted by Gasteiger charge is 2.32. The standard InChI is InChI=1S/C14H22N4O3/c1-9(2)7-11-14(20)15-5-4-6-18(11)13(19)8-12-17-16-10(3)21-12/h9,11H,4-8H2,1-3H3,(H,15,20). The Morgan fingerprint density at radius 2 is 2.24 bits per heavy atom. The Kier molecular flexibility index (Phi) is 4.93.